The summed E-state index contributed by atoms with van der Waals surface area (Å²) in [6, 6.07) is 7.98. The van der Waals surface area contributed by atoms with E-state index in [9.17, 15) is 0 Å². The molecule has 0 radical (unpaired) electrons. The van der Waals surface area contributed by atoms with E-state index in [1.54, 1.807) is 6.92 Å². The molecule has 0 spiro atoms. The predicted molar refractivity (Wildman–Crippen MR) is 68.8 cm³/mol. The summed E-state index contributed by atoms with van der Waals surface area (Å²) in [5.74, 6) is 0.884. The average Bonchev–Trinajstić information content (AvgIpc) is 2.19. The summed E-state index contributed by atoms with van der Waals surface area (Å²) in [6.07, 6.45) is 1.31. The van der Waals surface area contributed by atoms with Gasteiger partial charge >= 0.3 is 0 Å². The van der Waals surface area contributed by atoms with Crippen molar-refractivity contribution in [3.63, 3.8) is 0 Å². The third kappa shape index (κ3) is 6.89. The third-order valence-electron chi connectivity index (χ3n) is 2.30. The highest BCUT2D eigenvalue weighted by Gasteiger charge is 1.91. The van der Waals surface area contributed by atoms with Gasteiger partial charge in [0.2, 0.25) is 0 Å². The maximum absolute atomic E-state index is 7.31. The van der Waals surface area contributed by atoms with Crippen LogP contribution in [0.5, 0.6) is 0 Å². The molecule has 84 valence electrons. The first-order valence-corrected chi connectivity index (χ1v) is 5.59. The molecule has 1 aromatic rings. The molecule has 1 heteroatoms. The molecule has 0 aromatic heterocycles. The molecular weight excluding hydrogens is 182 g/mol. The van der Waals surface area contributed by atoms with Crippen molar-refractivity contribution in [3.8, 4) is 0 Å². The molecule has 1 aromatic carbocycles. The Bertz CT molecular complexity index is 283. The summed E-state index contributed by atoms with van der Waals surface area (Å²) in [6.45, 7) is 10.5. The van der Waals surface area contributed by atoms with Gasteiger partial charge < -0.3 is 5.41 Å². The van der Waals surface area contributed by atoms with Crippen LogP contribution in [0.4, 0.5) is 0 Å². The minimum absolute atomic E-state index is 0.625. The Morgan fingerprint density at radius 3 is 1.87 bits per heavy atom. The molecule has 15 heavy (non-hydrogen) atoms. The standard InChI is InChI=1S/C9H11N.C5H12/c1-7-3-5-9(6-4-7)8(2)10;1-4-5(2)3/h3-6,10H,1-2H3;5H,4H2,1-3H3. The number of nitrogens with one attached hydrogen (secondary N) is 1. The lowest BCUT2D eigenvalue weighted by Crippen LogP contribution is -1.90. The topological polar surface area (TPSA) is 23.9 Å². The molecule has 0 bridgehead atoms. The van der Waals surface area contributed by atoms with Crippen molar-refractivity contribution in [2.24, 2.45) is 5.92 Å². The summed E-state index contributed by atoms with van der Waals surface area (Å²) < 4.78 is 0. The summed E-state index contributed by atoms with van der Waals surface area (Å²) in [7, 11) is 0. The molecule has 0 atom stereocenters. The van der Waals surface area contributed by atoms with E-state index in [0.29, 0.717) is 5.71 Å². The highest BCUT2D eigenvalue weighted by Crippen LogP contribution is 2.02. The van der Waals surface area contributed by atoms with E-state index in [1.807, 2.05) is 31.2 Å². The second-order valence-electron chi connectivity index (χ2n) is 4.29. The first-order valence-electron chi connectivity index (χ1n) is 5.59. The second kappa shape index (κ2) is 7.22. The van der Waals surface area contributed by atoms with Crippen LogP contribution in [0.25, 0.3) is 0 Å². The maximum Gasteiger partial charge on any atom is 0.0355 e. The van der Waals surface area contributed by atoms with Crippen LogP contribution in [-0.4, -0.2) is 5.71 Å². The van der Waals surface area contributed by atoms with E-state index in [0.717, 1.165) is 11.5 Å². The Balaban J connectivity index is 0.000000336. The lowest BCUT2D eigenvalue weighted by atomic mass is 10.1. The molecule has 0 aliphatic heterocycles. The van der Waals surface area contributed by atoms with Crippen LogP contribution in [0.1, 0.15) is 45.2 Å². The van der Waals surface area contributed by atoms with Gasteiger partial charge in [0.05, 0.1) is 0 Å². The molecule has 0 saturated heterocycles. The third-order valence-corrected chi connectivity index (χ3v) is 2.30. The van der Waals surface area contributed by atoms with Crippen molar-refractivity contribution in [2.75, 3.05) is 0 Å². The van der Waals surface area contributed by atoms with E-state index in [4.69, 9.17) is 5.41 Å². The Morgan fingerprint density at radius 2 is 1.60 bits per heavy atom. The number of rotatable bonds is 2. The van der Waals surface area contributed by atoms with Crippen molar-refractivity contribution >= 4 is 5.71 Å². The van der Waals surface area contributed by atoms with Gasteiger partial charge in [-0.25, -0.2) is 0 Å². The molecule has 0 saturated carbocycles. The fourth-order valence-corrected chi connectivity index (χ4v) is 0.804. The highest BCUT2D eigenvalue weighted by atomic mass is 14.4. The first-order chi connectivity index (χ1) is 6.97. The van der Waals surface area contributed by atoms with Gasteiger partial charge in [-0.05, 0) is 25.3 Å². The van der Waals surface area contributed by atoms with E-state index >= 15 is 0 Å². The molecular formula is C14H23N. The lowest BCUT2D eigenvalue weighted by Gasteiger charge is -1.96. The smallest absolute Gasteiger partial charge is 0.0355 e. The van der Waals surface area contributed by atoms with Crippen molar-refractivity contribution < 1.29 is 0 Å². The molecule has 1 nitrogen and oxygen atoms in total. The number of aryl methyl sites for hydroxylation is 1. The lowest BCUT2D eigenvalue weighted by molar-refractivity contribution is 0.626. The molecule has 1 rings (SSSR count). The highest BCUT2D eigenvalue weighted by molar-refractivity contribution is 5.96. The fraction of sp³-hybridized carbons (Fsp3) is 0.500. The molecule has 0 aliphatic rings. The van der Waals surface area contributed by atoms with Crippen molar-refractivity contribution in [1.82, 2.24) is 0 Å². The van der Waals surface area contributed by atoms with E-state index in [2.05, 4.69) is 20.8 Å². The number of hydrogen-bond donors (Lipinski definition) is 1. The van der Waals surface area contributed by atoms with E-state index in [-0.39, 0.29) is 0 Å². The Morgan fingerprint density at radius 1 is 1.20 bits per heavy atom. The number of hydrogen-bond acceptors (Lipinski definition) is 1. The largest absolute Gasteiger partial charge is 0.305 e. The minimum Gasteiger partial charge on any atom is -0.305 e. The summed E-state index contributed by atoms with van der Waals surface area (Å²) >= 11 is 0. The van der Waals surface area contributed by atoms with E-state index < -0.39 is 0 Å². The fourth-order valence-electron chi connectivity index (χ4n) is 0.804. The van der Waals surface area contributed by atoms with Crippen LogP contribution in [0.2, 0.25) is 0 Å². The van der Waals surface area contributed by atoms with Gasteiger partial charge in [-0.15, -0.1) is 0 Å². The van der Waals surface area contributed by atoms with Gasteiger partial charge in [-0.1, -0.05) is 57.0 Å². The van der Waals surface area contributed by atoms with Crippen LogP contribution >= 0.6 is 0 Å². The van der Waals surface area contributed by atoms with Crippen LogP contribution in [0.3, 0.4) is 0 Å². The van der Waals surface area contributed by atoms with Crippen LogP contribution in [0.15, 0.2) is 24.3 Å². The molecule has 0 amide bonds. The zero-order valence-corrected chi connectivity index (χ0v) is 10.6. The van der Waals surface area contributed by atoms with Gasteiger partial charge in [-0.3, -0.25) is 0 Å². The summed E-state index contributed by atoms with van der Waals surface area (Å²) in [5.41, 5.74) is 2.87. The Labute approximate surface area is 94.0 Å². The van der Waals surface area contributed by atoms with Crippen LogP contribution < -0.4 is 0 Å². The van der Waals surface area contributed by atoms with Crippen LogP contribution in [-0.2, 0) is 0 Å². The quantitative estimate of drug-likeness (QED) is 0.690. The predicted octanol–water partition coefficient (Wildman–Crippen LogP) is 4.44. The molecule has 0 heterocycles. The molecule has 0 aliphatic carbocycles. The zero-order chi connectivity index (χ0) is 11.8. The van der Waals surface area contributed by atoms with Gasteiger partial charge in [-0.2, -0.15) is 0 Å². The first kappa shape index (κ1) is 13.9. The summed E-state index contributed by atoms with van der Waals surface area (Å²) in [4.78, 5) is 0. The summed E-state index contributed by atoms with van der Waals surface area (Å²) in [5, 5.41) is 7.31. The SMILES string of the molecule is CC(=N)c1ccc(C)cc1.CCC(C)C. The molecule has 0 unspecified atom stereocenters. The molecule has 1 N–H and O–H groups in total. The van der Waals surface area contributed by atoms with Gasteiger partial charge in [0.15, 0.2) is 0 Å². The second-order valence-corrected chi connectivity index (χ2v) is 4.29. The van der Waals surface area contributed by atoms with Crippen molar-refractivity contribution in [2.45, 2.75) is 41.0 Å². The minimum atomic E-state index is 0.625. The Hall–Kier alpha value is -1.11. The maximum atomic E-state index is 7.31. The Kier molecular flexibility index (Phi) is 6.68. The van der Waals surface area contributed by atoms with Crippen molar-refractivity contribution in [1.29, 1.82) is 5.41 Å². The van der Waals surface area contributed by atoms with Crippen LogP contribution in [0, 0.1) is 18.3 Å². The van der Waals surface area contributed by atoms with E-state index in [1.165, 1.54) is 12.0 Å². The monoisotopic (exact) mass is 205 g/mol. The van der Waals surface area contributed by atoms with Gasteiger partial charge in [0.1, 0.15) is 0 Å². The average molecular weight is 205 g/mol. The molecule has 0 fully saturated rings. The zero-order valence-electron chi connectivity index (χ0n) is 10.6. The normalized spacial score (nSPS) is 9.47. The van der Waals surface area contributed by atoms with Gasteiger partial charge in [0.25, 0.3) is 0 Å². The van der Waals surface area contributed by atoms with Gasteiger partial charge in [0, 0.05) is 5.71 Å². The number of benzene rings is 1. The van der Waals surface area contributed by atoms with Crippen molar-refractivity contribution in [3.05, 3.63) is 35.4 Å².